The highest BCUT2D eigenvalue weighted by molar-refractivity contribution is 5.85. The van der Waals surface area contributed by atoms with E-state index in [0.29, 0.717) is 5.92 Å². The maximum Gasteiger partial charge on any atom is 0.0295 e. The van der Waals surface area contributed by atoms with Crippen molar-refractivity contribution in [2.24, 2.45) is 0 Å². The molecule has 1 aromatic rings. The van der Waals surface area contributed by atoms with Gasteiger partial charge in [0.2, 0.25) is 0 Å². The predicted molar refractivity (Wildman–Crippen MR) is 63.6 cm³/mol. The summed E-state index contributed by atoms with van der Waals surface area (Å²) in [6.45, 7) is 4.94. The SMILES string of the molecule is CC#CNCC(C)c1ccccc1.Cl. The minimum atomic E-state index is 0. The molecule has 0 bridgehead atoms. The average Bonchev–Trinajstić information content (AvgIpc) is 2.19. The largest absolute Gasteiger partial charge is 0.345 e. The molecule has 0 fully saturated rings. The molecule has 0 aliphatic heterocycles. The summed E-state index contributed by atoms with van der Waals surface area (Å²) in [4.78, 5) is 0. The maximum absolute atomic E-state index is 3.07. The fourth-order valence-electron chi connectivity index (χ4n) is 1.19. The lowest BCUT2D eigenvalue weighted by Crippen LogP contribution is -2.14. The van der Waals surface area contributed by atoms with Crippen molar-refractivity contribution in [1.29, 1.82) is 0 Å². The minimum absolute atomic E-state index is 0. The van der Waals surface area contributed by atoms with Gasteiger partial charge in [-0.15, -0.1) is 12.4 Å². The average molecular weight is 210 g/mol. The van der Waals surface area contributed by atoms with E-state index >= 15 is 0 Å². The molecule has 0 aliphatic rings. The fraction of sp³-hybridized carbons (Fsp3) is 0.333. The van der Waals surface area contributed by atoms with E-state index in [2.05, 4.69) is 48.5 Å². The molecule has 14 heavy (non-hydrogen) atoms. The Morgan fingerprint density at radius 1 is 1.29 bits per heavy atom. The van der Waals surface area contributed by atoms with Gasteiger partial charge < -0.3 is 5.32 Å². The van der Waals surface area contributed by atoms with Crippen molar-refractivity contribution in [2.45, 2.75) is 19.8 Å². The Labute approximate surface area is 92.3 Å². The molecule has 1 nitrogen and oxygen atoms in total. The second kappa shape index (κ2) is 7.29. The van der Waals surface area contributed by atoms with Gasteiger partial charge in [-0.1, -0.05) is 43.2 Å². The molecule has 0 heterocycles. The van der Waals surface area contributed by atoms with Gasteiger partial charge in [0.1, 0.15) is 0 Å². The van der Waals surface area contributed by atoms with E-state index in [1.165, 1.54) is 5.56 Å². The van der Waals surface area contributed by atoms with Crippen LogP contribution >= 0.6 is 12.4 Å². The molecular formula is C12H16ClN. The van der Waals surface area contributed by atoms with Crippen molar-refractivity contribution in [3.8, 4) is 12.0 Å². The first kappa shape index (κ1) is 12.9. The number of hydrogen-bond donors (Lipinski definition) is 1. The van der Waals surface area contributed by atoms with Crippen LogP contribution in [0.4, 0.5) is 0 Å². The molecule has 0 saturated carbocycles. The summed E-state index contributed by atoms with van der Waals surface area (Å²) in [6, 6.07) is 13.3. The molecule has 0 amide bonds. The van der Waals surface area contributed by atoms with Crippen molar-refractivity contribution >= 4 is 12.4 Å². The summed E-state index contributed by atoms with van der Waals surface area (Å²) in [5.41, 5.74) is 1.35. The first-order valence-electron chi connectivity index (χ1n) is 4.54. The summed E-state index contributed by atoms with van der Waals surface area (Å²) in [7, 11) is 0. The van der Waals surface area contributed by atoms with Crippen LogP contribution in [0.1, 0.15) is 25.3 Å². The number of halogens is 1. The third-order valence-electron chi connectivity index (χ3n) is 1.99. The number of nitrogens with one attached hydrogen (secondary N) is 1. The maximum atomic E-state index is 3.07. The zero-order valence-electron chi connectivity index (χ0n) is 8.58. The lowest BCUT2D eigenvalue weighted by molar-refractivity contribution is 0.713. The summed E-state index contributed by atoms with van der Waals surface area (Å²) >= 11 is 0. The van der Waals surface area contributed by atoms with E-state index in [9.17, 15) is 0 Å². The Morgan fingerprint density at radius 3 is 2.50 bits per heavy atom. The molecule has 0 radical (unpaired) electrons. The molecule has 0 spiro atoms. The quantitative estimate of drug-likeness (QED) is 0.597. The van der Waals surface area contributed by atoms with Crippen molar-refractivity contribution < 1.29 is 0 Å². The first-order valence-corrected chi connectivity index (χ1v) is 4.54. The van der Waals surface area contributed by atoms with Gasteiger partial charge >= 0.3 is 0 Å². The summed E-state index contributed by atoms with van der Waals surface area (Å²) < 4.78 is 0. The topological polar surface area (TPSA) is 12.0 Å². The van der Waals surface area contributed by atoms with Crippen LogP contribution in [0.15, 0.2) is 30.3 Å². The molecule has 0 aromatic heterocycles. The van der Waals surface area contributed by atoms with Crippen LogP contribution in [-0.2, 0) is 0 Å². The second-order valence-corrected chi connectivity index (χ2v) is 3.07. The van der Waals surface area contributed by atoms with Crippen LogP contribution in [0, 0.1) is 12.0 Å². The molecule has 76 valence electrons. The number of hydrogen-bond acceptors (Lipinski definition) is 1. The van der Waals surface area contributed by atoms with E-state index in [1.54, 1.807) is 0 Å². The van der Waals surface area contributed by atoms with E-state index in [-0.39, 0.29) is 12.4 Å². The summed E-state index contributed by atoms with van der Waals surface area (Å²) in [5.74, 6) is 3.33. The monoisotopic (exact) mass is 209 g/mol. The van der Waals surface area contributed by atoms with Crippen LogP contribution in [0.5, 0.6) is 0 Å². The highest BCUT2D eigenvalue weighted by Crippen LogP contribution is 2.12. The molecule has 2 heteroatoms. The van der Waals surface area contributed by atoms with Crippen molar-refractivity contribution in [1.82, 2.24) is 5.32 Å². The van der Waals surface area contributed by atoms with Gasteiger partial charge in [-0.05, 0) is 18.4 Å². The smallest absolute Gasteiger partial charge is 0.0295 e. The van der Waals surface area contributed by atoms with Crippen LogP contribution < -0.4 is 5.32 Å². The van der Waals surface area contributed by atoms with E-state index in [4.69, 9.17) is 0 Å². The Balaban J connectivity index is 0.00000169. The van der Waals surface area contributed by atoms with E-state index < -0.39 is 0 Å². The number of benzene rings is 1. The van der Waals surface area contributed by atoms with Gasteiger partial charge in [-0.25, -0.2) is 0 Å². The molecule has 0 saturated heterocycles. The van der Waals surface area contributed by atoms with Crippen LogP contribution in [0.3, 0.4) is 0 Å². The molecule has 1 unspecified atom stereocenters. The summed E-state index contributed by atoms with van der Waals surface area (Å²) in [6.07, 6.45) is 0. The zero-order chi connectivity index (χ0) is 9.52. The molecule has 1 rings (SSSR count). The van der Waals surface area contributed by atoms with Gasteiger partial charge in [0.05, 0.1) is 0 Å². The molecular weight excluding hydrogens is 194 g/mol. The van der Waals surface area contributed by atoms with Crippen molar-refractivity contribution in [3.05, 3.63) is 35.9 Å². The van der Waals surface area contributed by atoms with Gasteiger partial charge in [0.15, 0.2) is 0 Å². The highest BCUT2D eigenvalue weighted by atomic mass is 35.5. The van der Waals surface area contributed by atoms with Gasteiger partial charge in [0, 0.05) is 12.6 Å². The Bertz CT molecular complexity index is 297. The van der Waals surface area contributed by atoms with E-state index in [0.717, 1.165) is 6.54 Å². The predicted octanol–water partition coefficient (Wildman–Crippen LogP) is 2.78. The van der Waals surface area contributed by atoms with Crippen LogP contribution in [0.2, 0.25) is 0 Å². The third-order valence-corrected chi connectivity index (χ3v) is 1.99. The second-order valence-electron chi connectivity index (χ2n) is 3.07. The zero-order valence-corrected chi connectivity index (χ0v) is 9.40. The fourth-order valence-corrected chi connectivity index (χ4v) is 1.19. The highest BCUT2D eigenvalue weighted by Gasteiger charge is 2.01. The van der Waals surface area contributed by atoms with Gasteiger partial charge in [0.25, 0.3) is 0 Å². The minimum Gasteiger partial charge on any atom is -0.345 e. The molecule has 1 atom stereocenters. The van der Waals surface area contributed by atoms with Crippen LogP contribution in [-0.4, -0.2) is 6.54 Å². The molecule has 0 aliphatic carbocycles. The first-order chi connectivity index (χ1) is 6.34. The van der Waals surface area contributed by atoms with Crippen molar-refractivity contribution in [2.75, 3.05) is 6.54 Å². The Kier molecular flexibility index (Phi) is 6.70. The van der Waals surface area contributed by atoms with Crippen LogP contribution in [0.25, 0.3) is 0 Å². The van der Waals surface area contributed by atoms with Gasteiger partial charge in [-0.3, -0.25) is 0 Å². The molecule has 1 aromatic carbocycles. The third kappa shape index (κ3) is 4.20. The normalized spacial score (nSPS) is 10.4. The van der Waals surface area contributed by atoms with E-state index in [1.807, 2.05) is 13.0 Å². The van der Waals surface area contributed by atoms with Crippen molar-refractivity contribution in [3.63, 3.8) is 0 Å². The lowest BCUT2D eigenvalue weighted by Gasteiger charge is -2.09. The van der Waals surface area contributed by atoms with Gasteiger partial charge in [-0.2, -0.15) is 0 Å². The number of rotatable bonds is 3. The summed E-state index contributed by atoms with van der Waals surface area (Å²) in [5, 5.41) is 3.07. The Morgan fingerprint density at radius 2 is 1.93 bits per heavy atom. The molecule has 1 N–H and O–H groups in total. The standard InChI is InChI=1S/C12H15N.ClH/c1-3-9-13-10-11(2)12-7-5-4-6-8-12;/h4-8,11,13H,10H2,1-2H3;1H. The lowest BCUT2D eigenvalue weighted by atomic mass is 10.0. The Hall–Kier alpha value is -1.13.